The van der Waals surface area contributed by atoms with Crippen molar-refractivity contribution >= 4 is 61.2 Å². The Morgan fingerprint density at radius 2 is 1.70 bits per heavy atom. The van der Waals surface area contributed by atoms with Crippen LogP contribution in [-0.2, 0) is 23.9 Å². The van der Waals surface area contributed by atoms with E-state index in [1.54, 1.807) is 18.2 Å². The highest BCUT2D eigenvalue weighted by Crippen LogP contribution is 2.60. The number of hydrogen-bond donors (Lipinski definition) is 1. The van der Waals surface area contributed by atoms with E-state index in [0.717, 1.165) is 6.42 Å². The van der Waals surface area contributed by atoms with Gasteiger partial charge in [-0.1, -0.05) is 31.9 Å². The van der Waals surface area contributed by atoms with Crippen LogP contribution >= 0.6 is 31.9 Å². The zero-order valence-corrected chi connectivity index (χ0v) is 21.3. The van der Waals surface area contributed by atoms with Gasteiger partial charge in [-0.3, -0.25) is 24.1 Å². The first-order valence-corrected chi connectivity index (χ1v) is 12.4. The molecule has 1 aromatic rings. The molecule has 3 fully saturated rings. The molecule has 1 heterocycles. The molecule has 3 amide bonds. The molecular formula is C22H24Br2N2O7. The lowest BCUT2D eigenvalue weighted by Crippen LogP contribution is -2.37. The molecule has 2 bridgehead atoms. The van der Waals surface area contributed by atoms with Gasteiger partial charge in [0.15, 0.2) is 6.61 Å². The number of hydrogen-bond acceptors (Lipinski definition) is 7. The fraction of sp³-hybridized carbons (Fsp3) is 0.545. The second-order valence-corrected chi connectivity index (χ2v) is 10.5. The predicted octanol–water partition coefficient (Wildman–Crippen LogP) is 2.35. The molecule has 0 aromatic heterocycles. The van der Waals surface area contributed by atoms with Crippen LogP contribution in [0.2, 0.25) is 0 Å². The molecule has 1 aliphatic heterocycles. The first kappa shape index (κ1) is 24.0. The predicted molar refractivity (Wildman–Crippen MR) is 124 cm³/mol. The van der Waals surface area contributed by atoms with Gasteiger partial charge in [0.25, 0.3) is 5.91 Å². The van der Waals surface area contributed by atoms with Crippen molar-refractivity contribution in [3.8, 4) is 11.5 Å². The maximum atomic E-state index is 12.9. The number of anilines is 1. The zero-order valence-electron chi connectivity index (χ0n) is 18.1. The molecule has 1 aromatic carbocycles. The normalized spacial score (nSPS) is 29.8. The van der Waals surface area contributed by atoms with Crippen LogP contribution in [0.5, 0.6) is 11.5 Å². The number of amides is 3. The first-order chi connectivity index (χ1) is 15.8. The summed E-state index contributed by atoms with van der Waals surface area (Å²) < 4.78 is 15.4. The molecule has 1 saturated heterocycles. The van der Waals surface area contributed by atoms with Gasteiger partial charge in [0, 0.05) is 22.3 Å². The molecule has 9 nitrogen and oxygen atoms in total. The minimum atomic E-state index is -0.663. The van der Waals surface area contributed by atoms with Crippen molar-refractivity contribution in [1.82, 2.24) is 4.90 Å². The van der Waals surface area contributed by atoms with Crippen LogP contribution < -0.4 is 14.8 Å². The zero-order chi connectivity index (χ0) is 23.9. The molecule has 0 radical (unpaired) electrons. The number of fused-ring (bicyclic) bond motifs is 5. The summed E-state index contributed by atoms with van der Waals surface area (Å²) >= 11 is 7.29. The highest BCUT2D eigenvalue weighted by atomic mass is 79.9. The number of carbonyl (C=O) groups is 4. The van der Waals surface area contributed by atoms with E-state index in [0.29, 0.717) is 17.2 Å². The van der Waals surface area contributed by atoms with Crippen molar-refractivity contribution in [1.29, 1.82) is 0 Å². The smallest absolute Gasteiger partial charge is 0.308 e. The van der Waals surface area contributed by atoms with Crippen molar-refractivity contribution in [2.45, 2.75) is 22.5 Å². The summed E-state index contributed by atoms with van der Waals surface area (Å²) in [6.45, 7) is -0.543. The summed E-state index contributed by atoms with van der Waals surface area (Å²) in [5.41, 5.74) is 0.406. The Kier molecular flexibility index (Phi) is 6.99. The molecule has 2 saturated carbocycles. The van der Waals surface area contributed by atoms with E-state index in [-0.39, 0.29) is 58.1 Å². The van der Waals surface area contributed by atoms with Crippen LogP contribution in [0.1, 0.15) is 12.8 Å². The Balaban J connectivity index is 1.26. The SMILES string of the molecule is COc1ccc(NC(=O)COC(=O)CCN2C(=O)[C@@H]3[C@H]4C[C@@H]([C@@H](Br)[C@H]4Br)[C@H]3C2=O)c(OC)c1. The Bertz CT molecular complexity index is 955. The lowest BCUT2D eigenvalue weighted by molar-refractivity contribution is -0.149. The molecule has 6 atom stereocenters. The van der Waals surface area contributed by atoms with Crippen LogP contribution in [0.25, 0.3) is 0 Å². The van der Waals surface area contributed by atoms with Gasteiger partial charge in [0.05, 0.1) is 38.2 Å². The molecule has 178 valence electrons. The highest BCUT2D eigenvalue weighted by Gasteiger charge is 2.66. The van der Waals surface area contributed by atoms with Crippen LogP contribution in [0.15, 0.2) is 18.2 Å². The van der Waals surface area contributed by atoms with Gasteiger partial charge in [-0.2, -0.15) is 0 Å². The summed E-state index contributed by atoms with van der Waals surface area (Å²) in [5.74, 6) is -1.05. The Hall–Kier alpha value is -2.14. The standard InChI is InChI=1S/C22H24Br2N2O7/c1-31-10-3-4-13(14(7-10)32-2)25-15(27)9-33-16(28)5-6-26-21(29)17-11-8-12(18(17)22(26)30)20(24)19(11)23/h3-4,7,11-12,17-20H,5-6,8-9H2,1-2H3,(H,25,27)/t11-,12-,17-,18-,19-,20+/m1/s1. The minimum absolute atomic E-state index is 0.0449. The minimum Gasteiger partial charge on any atom is -0.497 e. The Morgan fingerprint density at radius 3 is 2.27 bits per heavy atom. The summed E-state index contributed by atoms with van der Waals surface area (Å²) in [6.07, 6.45) is 0.684. The molecule has 3 aliphatic rings. The molecule has 0 unspecified atom stereocenters. The van der Waals surface area contributed by atoms with E-state index in [4.69, 9.17) is 14.2 Å². The van der Waals surface area contributed by atoms with Gasteiger partial charge in [0.2, 0.25) is 11.8 Å². The number of rotatable bonds is 8. The first-order valence-electron chi connectivity index (χ1n) is 10.6. The van der Waals surface area contributed by atoms with E-state index in [1.165, 1.54) is 19.1 Å². The summed E-state index contributed by atoms with van der Waals surface area (Å²) in [6, 6.07) is 4.88. The van der Waals surface area contributed by atoms with Crippen LogP contribution in [0.4, 0.5) is 5.69 Å². The number of esters is 1. The van der Waals surface area contributed by atoms with E-state index >= 15 is 0 Å². The van der Waals surface area contributed by atoms with Gasteiger partial charge < -0.3 is 19.5 Å². The highest BCUT2D eigenvalue weighted by molar-refractivity contribution is 9.12. The van der Waals surface area contributed by atoms with Crippen molar-refractivity contribution in [3.63, 3.8) is 0 Å². The topological polar surface area (TPSA) is 111 Å². The maximum absolute atomic E-state index is 12.9. The fourth-order valence-electron chi connectivity index (χ4n) is 5.14. The van der Waals surface area contributed by atoms with E-state index in [1.807, 2.05) is 0 Å². The molecule has 33 heavy (non-hydrogen) atoms. The number of methoxy groups -OCH3 is 2. The van der Waals surface area contributed by atoms with Crippen LogP contribution in [-0.4, -0.2) is 65.6 Å². The number of halogens is 2. The lowest BCUT2D eigenvalue weighted by Gasteiger charge is -2.28. The molecular weight excluding hydrogens is 564 g/mol. The largest absolute Gasteiger partial charge is 0.497 e. The maximum Gasteiger partial charge on any atom is 0.308 e. The Labute approximate surface area is 207 Å². The fourth-order valence-corrected chi connectivity index (χ4v) is 7.01. The summed E-state index contributed by atoms with van der Waals surface area (Å²) in [7, 11) is 2.98. The van der Waals surface area contributed by atoms with Gasteiger partial charge in [-0.15, -0.1) is 0 Å². The number of alkyl halides is 2. The number of carbonyl (C=O) groups excluding carboxylic acids is 4. The third-order valence-corrected chi connectivity index (χ3v) is 9.87. The van der Waals surface area contributed by atoms with Crippen LogP contribution in [0, 0.1) is 23.7 Å². The molecule has 2 aliphatic carbocycles. The number of nitrogens with one attached hydrogen (secondary N) is 1. The third kappa shape index (κ3) is 4.37. The number of likely N-dealkylation sites (tertiary alicyclic amines) is 1. The van der Waals surface area contributed by atoms with E-state index in [2.05, 4.69) is 37.2 Å². The van der Waals surface area contributed by atoms with Crippen LogP contribution in [0.3, 0.4) is 0 Å². The molecule has 1 N–H and O–H groups in total. The second-order valence-electron chi connectivity index (χ2n) is 8.36. The molecule has 4 rings (SSSR count). The van der Waals surface area contributed by atoms with Crippen molar-refractivity contribution in [2.24, 2.45) is 23.7 Å². The van der Waals surface area contributed by atoms with E-state index < -0.39 is 18.5 Å². The van der Waals surface area contributed by atoms with Gasteiger partial charge >= 0.3 is 5.97 Å². The number of benzene rings is 1. The summed E-state index contributed by atoms with van der Waals surface area (Å²) in [5, 5.41) is 2.61. The van der Waals surface area contributed by atoms with Crippen molar-refractivity contribution in [3.05, 3.63) is 18.2 Å². The number of ether oxygens (including phenoxy) is 3. The Morgan fingerprint density at radius 1 is 1.06 bits per heavy atom. The average molecular weight is 588 g/mol. The van der Waals surface area contributed by atoms with Crippen molar-refractivity contribution in [2.75, 3.05) is 32.7 Å². The molecule has 11 heteroatoms. The lowest BCUT2D eigenvalue weighted by atomic mass is 9.81. The van der Waals surface area contributed by atoms with Gasteiger partial charge in [0.1, 0.15) is 11.5 Å². The second kappa shape index (κ2) is 9.61. The molecule has 0 spiro atoms. The number of nitrogens with zero attached hydrogens (tertiary/aromatic N) is 1. The monoisotopic (exact) mass is 586 g/mol. The van der Waals surface area contributed by atoms with Gasteiger partial charge in [-0.05, 0) is 30.4 Å². The van der Waals surface area contributed by atoms with Gasteiger partial charge in [-0.25, -0.2) is 0 Å². The number of imide groups is 1. The van der Waals surface area contributed by atoms with E-state index in [9.17, 15) is 19.2 Å². The average Bonchev–Trinajstić information content (AvgIpc) is 3.41. The van der Waals surface area contributed by atoms with Crippen molar-refractivity contribution < 1.29 is 33.4 Å². The summed E-state index contributed by atoms with van der Waals surface area (Å²) in [4.78, 5) is 51.6. The third-order valence-electron chi connectivity index (χ3n) is 6.66. The quantitative estimate of drug-likeness (QED) is 0.282.